The van der Waals surface area contributed by atoms with Crippen LogP contribution in [-0.4, -0.2) is 49.9 Å². The summed E-state index contributed by atoms with van der Waals surface area (Å²) >= 11 is 1.45. The summed E-state index contributed by atoms with van der Waals surface area (Å²) in [6.07, 6.45) is 5.36. The van der Waals surface area contributed by atoms with Gasteiger partial charge in [0.1, 0.15) is 5.69 Å². The molecule has 29 heavy (non-hydrogen) atoms. The van der Waals surface area contributed by atoms with Crippen LogP contribution in [0.3, 0.4) is 0 Å². The van der Waals surface area contributed by atoms with Gasteiger partial charge >= 0.3 is 0 Å². The molecule has 1 saturated heterocycles. The molecule has 8 heteroatoms. The first-order chi connectivity index (χ1) is 14.1. The number of anilines is 1. The van der Waals surface area contributed by atoms with Gasteiger partial charge in [0, 0.05) is 48.4 Å². The van der Waals surface area contributed by atoms with Gasteiger partial charge in [0.05, 0.1) is 16.9 Å². The number of aromatic nitrogens is 4. The topological polar surface area (TPSA) is 83.9 Å². The van der Waals surface area contributed by atoms with Crippen molar-refractivity contribution < 1.29 is 4.79 Å². The summed E-state index contributed by atoms with van der Waals surface area (Å²) < 4.78 is 0. The van der Waals surface area contributed by atoms with E-state index in [-0.39, 0.29) is 17.9 Å². The molecule has 1 aliphatic heterocycles. The molecule has 0 unspecified atom stereocenters. The van der Waals surface area contributed by atoms with Crippen LogP contribution in [0.4, 0.5) is 5.95 Å². The molecule has 4 rings (SSSR count). The second-order valence-corrected chi connectivity index (χ2v) is 8.17. The predicted octanol–water partition coefficient (Wildman–Crippen LogP) is 3.84. The first kappa shape index (κ1) is 19.4. The molecule has 0 saturated carbocycles. The van der Waals surface area contributed by atoms with E-state index in [0.717, 1.165) is 29.8 Å². The Morgan fingerprint density at radius 3 is 2.69 bits per heavy atom. The average Bonchev–Trinajstić information content (AvgIpc) is 3.28. The number of rotatable bonds is 5. The third kappa shape index (κ3) is 4.42. The Bertz CT molecular complexity index is 953. The largest absolute Gasteiger partial charge is 0.352 e. The highest BCUT2D eigenvalue weighted by Gasteiger charge is 2.28. The second kappa shape index (κ2) is 8.65. The summed E-state index contributed by atoms with van der Waals surface area (Å²) in [6, 6.07) is 6.11. The Labute approximate surface area is 174 Å². The summed E-state index contributed by atoms with van der Waals surface area (Å²) in [4.78, 5) is 32.5. The maximum Gasteiger partial charge on any atom is 0.273 e. The number of nitrogens with one attached hydrogen (secondary N) is 1. The van der Waals surface area contributed by atoms with Crippen molar-refractivity contribution >= 4 is 23.2 Å². The van der Waals surface area contributed by atoms with Crippen LogP contribution < -0.4 is 5.32 Å². The van der Waals surface area contributed by atoms with Crippen LogP contribution in [0.25, 0.3) is 11.3 Å². The van der Waals surface area contributed by atoms with Gasteiger partial charge in [-0.2, -0.15) is 0 Å². The van der Waals surface area contributed by atoms with E-state index < -0.39 is 0 Å². The Morgan fingerprint density at radius 1 is 1.21 bits per heavy atom. The third-order valence-electron chi connectivity index (χ3n) is 5.00. The lowest BCUT2D eigenvalue weighted by molar-refractivity contribution is 0.0707. The summed E-state index contributed by atoms with van der Waals surface area (Å²) in [5.41, 5.74) is 5.07. The van der Waals surface area contributed by atoms with Gasteiger partial charge in [-0.25, -0.2) is 15.0 Å². The van der Waals surface area contributed by atoms with Gasteiger partial charge in [0.15, 0.2) is 0 Å². The highest BCUT2D eigenvalue weighted by molar-refractivity contribution is 7.07. The smallest absolute Gasteiger partial charge is 0.273 e. The molecule has 0 atom stereocenters. The molecule has 3 aromatic rings. The molecule has 0 aliphatic carbocycles. The summed E-state index contributed by atoms with van der Waals surface area (Å²) in [6.45, 7) is 5.52. The van der Waals surface area contributed by atoms with Gasteiger partial charge in [-0.05, 0) is 38.8 Å². The maximum atomic E-state index is 12.6. The Morgan fingerprint density at radius 2 is 2.03 bits per heavy atom. The van der Waals surface area contributed by atoms with E-state index in [0.29, 0.717) is 24.7 Å². The number of piperidine rings is 1. The fourth-order valence-electron chi connectivity index (χ4n) is 3.59. The Kier molecular flexibility index (Phi) is 5.80. The molecule has 1 aliphatic rings. The van der Waals surface area contributed by atoms with E-state index in [1.54, 1.807) is 11.7 Å². The number of carbonyl (C=O) groups excluding carboxylic acids is 1. The van der Waals surface area contributed by atoms with Crippen LogP contribution >= 0.6 is 11.3 Å². The molecule has 0 bridgehead atoms. The van der Waals surface area contributed by atoms with Crippen molar-refractivity contribution in [3.8, 4) is 11.3 Å². The van der Waals surface area contributed by atoms with Crippen molar-refractivity contribution in [3.63, 3.8) is 0 Å². The van der Waals surface area contributed by atoms with Gasteiger partial charge in [0.2, 0.25) is 5.95 Å². The van der Waals surface area contributed by atoms with Crippen LogP contribution in [0, 0.1) is 0 Å². The zero-order valence-corrected chi connectivity index (χ0v) is 17.4. The summed E-state index contributed by atoms with van der Waals surface area (Å²) in [5, 5.41) is 5.10. The van der Waals surface area contributed by atoms with Crippen molar-refractivity contribution in [2.24, 2.45) is 0 Å². The molecule has 7 nitrogen and oxygen atoms in total. The van der Waals surface area contributed by atoms with Crippen LogP contribution in [0.1, 0.15) is 48.8 Å². The summed E-state index contributed by atoms with van der Waals surface area (Å²) in [7, 11) is 0. The molecule has 1 N–H and O–H groups in total. The lowest BCUT2D eigenvalue weighted by Gasteiger charge is -2.32. The van der Waals surface area contributed by atoms with E-state index in [1.165, 1.54) is 11.3 Å². The first-order valence-electron chi connectivity index (χ1n) is 9.84. The monoisotopic (exact) mass is 408 g/mol. The Balaban J connectivity index is 1.57. The van der Waals surface area contributed by atoms with E-state index in [4.69, 9.17) is 4.98 Å². The molecule has 0 radical (unpaired) electrons. The number of nitrogens with zero attached hydrogens (tertiary/aromatic N) is 5. The predicted molar refractivity (Wildman–Crippen MR) is 114 cm³/mol. The number of pyridine rings is 1. The van der Waals surface area contributed by atoms with Gasteiger partial charge in [-0.15, -0.1) is 11.3 Å². The standard InChI is InChI=1S/C21H24N6OS/c1-14(2)25-21-23-11-16(17-5-3-4-8-22-17)19(26-21)15-6-9-27(10-7-15)20(28)18-12-29-13-24-18/h3-5,8,11-15H,6-7,9-10H2,1-2H3,(H,23,25,26). The average molecular weight is 409 g/mol. The van der Waals surface area contributed by atoms with E-state index >= 15 is 0 Å². The number of hydrogen-bond acceptors (Lipinski definition) is 7. The first-order valence-corrected chi connectivity index (χ1v) is 10.8. The molecule has 3 aromatic heterocycles. The highest BCUT2D eigenvalue weighted by atomic mass is 32.1. The number of carbonyl (C=O) groups is 1. The van der Waals surface area contributed by atoms with E-state index in [1.807, 2.05) is 34.7 Å². The molecule has 1 amide bonds. The van der Waals surface area contributed by atoms with E-state index in [9.17, 15) is 4.79 Å². The van der Waals surface area contributed by atoms with Crippen molar-refractivity contribution in [2.45, 2.75) is 38.6 Å². The minimum atomic E-state index is 0.0134. The minimum absolute atomic E-state index is 0.0134. The second-order valence-electron chi connectivity index (χ2n) is 7.45. The SMILES string of the molecule is CC(C)Nc1ncc(-c2ccccn2)c(C2CCN(C(=O)c3cscn3)CC2)n1. The molecule has 1 fully saturated rings. The minimum Gasteiger partial charge on any atom is -0.352 e. The third-order valence-corrected chi connectivity index (χ3v) is 5.58. The van der Waals surface area contributed by atoms with Gasteiger partial charge < -0.3 is 10.2 Å². The fraction of sp³-hybridized carbons (Fsp3) is 0.381. The molecule has 4 heterocycles. The van der Waals surface area contributed by atoms with Crippen LogP contribution in [0.2, 0.25) is 0 Å². The Hall–Kier alpha value is -2.87. The van der Waals surface area contributed by atoms with Crippen molar-refractivity contribution in [3.05, 3.63) is 52.9 Å². The van der Waals surface area contributed by atoms with Gasteiger partial charge in [-0.1, -0.05) is 6.07 Å². The number of hydrogen-bond donors (Lipinski definition) is 1. The van der Waals surface area contributed by atoms with E-state index in [2.05, 4.69) is 34.1 Å². The summed E-state index contributed by atoms with van der Waals surface area (Å²) in [5.74, 6) is 0.900. The van der Waals surface area contributed by atoms with Crippen molar-refractivity contribution in [1.82, 2.24) is 24.8 Å². The quantitative estimate of drug-likeness (QED) is 0.691. The lowest BCUT2D eigenvalue weighted by atomic mass is 9.90. The molecule has 0 spiro atoms. The molecular weight excluding hydrogens is 384 g/mol. The van der Waals surface area contributed by atoms with Crippen LogP contribution in [0.5, 0.6) is 0 Å². The molecule has 150 valence electrons. The van der Waals surface area contributed by atoms with Crippen LogP contribution in [0.15, 0.2) is 41.5 Å². The van der Waals surface area contributed by atoms with Crippen LogP contribution in [-0.2, 0) is 0 Å². The highest BCUT2D eigenvalue weighted by Crippen LogP contribution is 2.34. The van der Waals surface area contributed by atoms with Crippen molar-refractivity contribution in [2.75, 3.05) is 18.4 Å². The fourth-order valence-corrected chi connectivity index (χ4v) is 4.12. The maximum absolute atomic E-state index is 12.6. The lowest BCUT2D eigenvalue weighted by Crippen LogP contribution is -2.38. The zero-order chi connectivity index (χ0) is 20.2. The van der Waals surface area contributed by atoms with Crippen molar-refractivity contribution in [1.29, 1.82) is 0 Å². The normalized spacial score (nSPS) is 14.9. The number of amides is 1. The molecule has 0 aromatic carbocycles. The zero-order valence-electron chi connectivity index (χ0n) is 16.6. The number of thiazole rings is 1. The molecular formula is C21H24N6OS. The number of likely N-dealkylation sites (tertiary alicyclic amines) is 1. The van der Waals surface area contributed by atoms with Gasteiger partial charge in [-0.3, -0.25) is 9.78 Å². The van der Waals surface area contributed by atoms with Gasteiger partial charge in [0.25, 0.3) is 5.91 Å².